The zero-order valence-electron chi connectivity index (χ0n) is 23.6. The second kappa shape index (κ2) is 11.5. The SMILES string of the molecule is CC(C)(C)[Si](C)(C)OC1CCC(n2cc(C3CCC(CO)CC3)c3cnc(NCCC(F)(F)F)nc32)CC1. The Bertz CT molecular complexity index is 1070. The summed E-state index contributed by atoms with van der Waals surface area (Å²) in [5.41, 5.74) is 2.04. The van der Waals surface area contributed by atoms with Crippen molar-refractivity contribution in [2.75, 3.05) is 18.5 Å². The van der Waals surface area contributed by atoms with E-state index in [1.807, 2.05) is 0 Å². The molecule has 2 aromatic heterocycles. The molecule has 4 rings (SSSR count). The van der Waals surface area contributed by atoms with Gasteiger partial charge in [0.05, 0.1) is 6.42 Å². The number of hydrogen-bond donors (Lipinski definition) is 2. The summed E-state index contributed by atoms with van der Waals surface area (Å²) in [5, 5.41) is 13.5. The summed E-state index contributed by atoms with van der Waals surface area (Å²) < 4.78 is 47.0. The lowest BCUT2D eigenvalue weighted by Crippen LogP contribution is -2.44. The van der Waals surface area contributed by atoms with Gasteiger partial charge in [0.2, 0.25) is 5.95 Å². The van der Waals surface area contributed by atoms with Crippen molar-refractivity contribution < 1.29 is 22.7 Å². The van der Waals surface area contributed by atoms with Gasteiger partial charge >= 0.3 is 6.18 Å². The monoisotopic (exact) mass is 554 g/mol. The molecule has 2 N–H and O–H groups in total. The minimum absolute atomic E-state index is 0.177. The van der Waals surface area contributed by atoms with Crippen molar-refractivity contribution in [3.05, 3.63) is 18.0 Å². The second-order valence-corrected chi connectivity index (χ2v) is 17.7. The van der Waals surface area contributed by atoms with E-state index in [9.17, 15) is 18.3 Å². The van der Waals surface area contributed by atoms with Crippen LogP contribution < -0.4 is 5.32 Å². The van der Waals surface area contributed by atoms with Crippen molar-refractivity contribution in [3.8, 4) is 0 Å². The molecule has 6 nitrogen and oxygen atoms in total. The molecule has 0 unspecified atom stereocenters. The largest absolute Gasteiger partial charge is 0.414 e. The van der Waals surface area contributed by atoms with Gasteiger partial charge in [-0.15, -0.1) is 0 Å². The van der Waals surface area contributed by atoms with Gasteiger partial charge in [0.1, 0.15) is 5.65 Å². The molecule has 2 aromatic rings. The van der Waals surface area contributed by atoms with E-state index in [-0.39, 0.29) is 36.3 Å². The highest BCUT2D eigenvalue weighted by molar-refractivity contribution is 6.74. The zero-order chi connectivity index (χ0) is 27.7. The molecular weight excluding hydrogens is 509 g/mol. The number of hydrogen-bond acceptors (Lipinski definition) is 5. The molecule has 38 heavy (non-hydrogen) atoms. The van der Waals surface area contributed by atoms with Crippen molar-refractivity contribution in [3.63, 3.8) is 0 Å². The van der Waals surface area contributed by atoms with Crippen molar-refractivity contribution >= 4 is 25.3 Å². The van der Waals surface area contributed by atoms with Gasteiger partial charge in [-0.25, -0.2) is 4.98 Å². The molecule has 0 bridgehead atoms. The Labute approximate surface area is 225 Å². The normalized spacial score (nSPS) is 25.6. The first kappa shape index (κ1) is 29.3. The van der Waals surface area contributed by atoms with Crippen molar-refractivity contribution in [1.29, 1.82) is 0 Å². The van der Waals surface area contributed by atoms with E-state index in [0.717, 1.165) is 62.4 Å². The van der Waals surface area contributed by atoms with Gasteiger partial charge in [0.15, 0.2) is 8.32 Å². The first-order valence-corrected chi connectivity index (χ1v) is 17.1. The quantitative estimate of drug-likeness (QED) is 0.329. The number of aliphatic hydroxyl groups is 1. The summed E-state index contributed by atoms with van der Waals surface area (Å²) in [6.07, 6.45) is 7.16. The van der Waals surface area contributed by atoms with Crippen LogP contribution in [0.3, 0.4) is 0 Å². The fraction of sp³-hybridized carbons (Fsp3) is 0.786. The standard InChI is InChI=1S/C28H45F3N4O2Si/c1-27(2,3)38(4,5)37-22-12-10-21(11-13-22)35-17-24(20-8-6-19(18-36)7-9-20)23-16-33-26(34-25(23)35)32-15-14-28(29,30)31/h16-17,19-22,36H,6-15,18H2,1-5H3,(H,32,33,34). The summed E-state index contributed by atoms with van der Waals surface area (Å²) >= 11 is 0. The van der Waals surface area contributed by atoms with Crippen LogP contribution in [0.2, 0.25) is 18.1 Å². The Hall–Kier alpha value is -1.65. The number of halogens is 3. The second-order valence-electron chi connectivity index (χ2n) is 12.9. The predicted octanol–water partition coefficient (Wildman–Crippen LogP) is 7.57. The third kappa shape index (κ3) is 6.91. The van der Waals surface area contributed by atoms with E-state index in [1.165, 1.54) is 5.56 Å². The Morgan fingerprint density at radius 2 is 1.71 bits per heavy atom. The lowest BCUT2D eigenvalue weighted by atomic mass is 9.79. The van der Waals surface area contributed by atoms with E-state index >= 15 is 0 Å². The topological polar surface area (TPSA) is 72.2 Å². The molecule has 0 aromatic carbocycles. The number of aliphatic hydroxyl groups excluding tert-OH is 1. The smallest absolute Gasteiger partial charge is 0.390 e. The van der Waals surface area contributed by atoms with Gasteiger partial charge in [-0.05, 0) is 86.9 Å². The molecule has 0 aliphatic heterocycles. The van der Waals surface area contributed by atoms with Crippen LogP contribution >= 0.6 is 0 Å². The van der Waals surface area contributed by atoms with Crippen LogP contribution in [-0.4, -0.2) is 53.4 Å². The van der Waals surface area contributed by atoms with Crippen LogP contribution in [0.1, 0.15) is 96.1 Å². The van der Waals surface area contributed by atoms with E-state index in [1.54, 1.807) is 6.20 Å². The maximum atomic E-state index is 12.7. The van der Waals surface area contributed by atoms with Crippen LogP contribution in [0.4, 0.5) is 19.1 Å². The average molecular weight is 555 g/mol. The Morgan fingerprint density at radius 3 is 2.29 bits per heavy atom. The number of anilines is 1. The van der Waals surface area contributed by atoms with Gasteiger partial charge < -0.3 is 19.4 Å². The molecule has 2 saturated carbocycles. The van der Waals surface area contributed by atoms with Crippen LogP contribution in [0.15, 0.2) is 12.4 Å². The third-order valence-corrected chi connectivity index (χ3v) is 13.7. The van der Waals surface area contributed by atoms with Gasteiger partial charge in [-0.3, -0.25) is 0 Å². The summed E-state index contributed by atoms with van der Waals surface area (Å²) in [6, 6.07) is 0.275. The molecule has 214 valence electrons. The first-order valence-electron chi connectivity index (χ1n) is 14.2. The van der Waals surface area contributed by atoms with Gasteiger partial charge in [-0.1, -0.05) is 20.8 Å². The predicted molar refractivity (Wildman–Crippen MR) is 148 cm³/mol. The minimum Gasteiger partial charge on any atom is -0.414 e. The van der Waals surface area contributed by atoms with Crippen LogP contribution in [0, 0.1) is 5.92 Å². The molecule has 2 fully saturated rings. The lowest BCUT2D eigenvalue weighted by molar-refractivity contribution is -0.131. The number of rotatable bonds is 8. The maximum Gasteiger partial charge on any atom is 0.390 e. The number of nitrogens with one attached hydrogen (secondary N) is 1. The zero-order valence-corrected chi connectivity index (χ0v) is 24.6. The summed E-state index contributed by atoms with van der Waals surface area (Å²) in [6.45, 7) is 11.4. The Morgan fingerprint density at radius 1 is 1.05 bits per heavy atom. The first-order chi connectivity index (χ1) is 17.8. The molecule has 2 aliphatic carbocycles. The van der Waals surface area contributed by atoms with Crippen molar-refractivity contribution in [1.82, 2.24) is 14.5 Å². The highest BCUT2D eigenvalue weighted by Gasteiger charge is 2.40. The number of fused-ring (bicyclic) bond motifs is 1. The molecular formula is C28H45F3N4O2Si. The Balaban J connectivity index is 1.55. The fourth-order valence-corrected chi connectivity index (χ4v) is 7.17. The van der Waals surface area contributed by atoms with Crippen LogP contribution in [-0.2, 0) is 4.43 Å². The molecule has 0 spiro atoms. The molecule has 2 heterocycles. The van der Waals surface area contributed by atoms with Crippen LogP contribution in [0.5, 0.6) is 0 Å². The number of alkyl halides is 3. The van der Waals surface area contributed by atoms with E-state index in [0.29, 0.717) is 11.8 Å². The molecule has 0 radical (unpaired) electrons. The molecule has 0 amide bonds. The average Bonchev–Trinajstić information content (AvgIpc) is 3.22. The minimum atomic E-state index is -4.22. The highest BCUT2D eigenvalue weighted by atomic mass is 28.4. The summed E-state index contributed by atoms with van der Waals surface area (Å²) in [7, 11) is -1.83. The van der Waals surface area contributed by atoms with Crippen LogP contribution in [0.25, 0.3) is 11.0 Å². The third-order valence-electron chi connectivity index (χ3n) is 9.14. The molecule has 0 atom stereocenters. The van der Waals surface area contributed by atoms with Gasteiger partial charge in [0.25, 0.3) is 0 Å². The number of aromatic nitrogens is 3. The van der Waals surface area contributed by atoms with E-state index in [2.05, 4.69) is 54.9 Å². The maximum absolute atomic E-state index is 12.7. The van der Waals surface area contributed by atoms with E-state index in [4.69, 9.17) is 9.41 Å². The molecule has 10 heteroatoms. The highest BCUT2D eigenvalue weighted by Crippen LogP contribution is 2.43. The van der Waals surface area contributed by atoms with Crippen molar-refractivity contribution in [2.24, 2.45) is 5.92 Å². The molecule has 2 aliphatic rings. The van der Waals surface area contributed by atoms with Crippen molar-refractivity contribution in [2.45, 2.75) is 121 Å². The summed E-state index contributed by atoms with van der Waals surface area (Å²) in [5.74, 6) is 0.996. The molecule has 0 saturated heterocycles. The van der Waals surface area contributed by atoms with Gasteiger partial charge in [-0.2, -0.15) is 18.2 Å². The van der Waals surface area contributed by atoms with E-state index < -0.39 is 20.9 Å². The summed E-state index contributed by atoms with van der Waals surface area (Å²) in [4.78, 5) is 9.12. The number of nitrogens with zero attached hydrogens (tertiary/aromatic N) is 3. The lowest BCUT2D eigenvalue weighted by Gasteiger charge is -2.41. The fourth-order valence-electron chi connectivity index (χ4n) is 5.75. The van der Waals surface area contributed by atoms with Gasteiger partial charge in [0, 0.05) is 43.1 Å². The Kier molecular flexibility index (Phi) is 8.84.